The van der Waals surface area contributed by atoms with Gasteiger partial charge >= 0.3 is 19.3 Å². The van der Waals surface area contributed by atoms with E-state index in [4.69, 9.17) is 37.7 Å². The normalized spacial score (nSPS) is 13.7. The van der Waals surface area contributed by atoms with Crippen LogP contribution in [0.25, 0.3) is 43.6 Å². The van der Waals surface area contributed by atoms with Crippen LogP contribution in [-0.2, 0) is 18.8 Å². The van der Waals surface area contributed by atoms with Crippen LogP contribution in [0.2, 0.25) is 0 Å². The number of nitrogens with one attached hydrogen (secondary N) is 2. The van der Waals surface area contributed by atoms with Gasteiger partial charge in [-0.25, -0.2) is 9.59 Å². The molecule has 1 aliphatic heterocycles. The van der Waals surface area contributed by atoms with Crippen LogP contribution in [0.3, 0.4) is 0 Å². The molecule has 0 radical (unpaired) electrons. The molecule has 4 aromatic carbocycles. The van der Waals surface area contributed by atoms with Gasteiger partial charge in [0.15, 0.2) is 0 Å². The van der Waals surface area contributed by atoms with E-state index in [1.807, 2.05) is 142 Å². The number of rotatable bonds is 17. The average Bonchev–Trinajstić information content (AvgIpc) is 4.05. The summed E-state index contributed by atoms with van der Waals surface area (Å²) in [6.07, 6.45) is 15.2. The second-order valence-corrected chi connectivity index (χ2v) is 24.8. The Morgan fingerprint density at radius 3 is 1.43 bits per heavy atom. The molecule has 0 amide bonds. The summed E-state index contributed by atoms with van der Waals surface area (Å²) in [6.45, 7) is 30.7. The summed E-state index contributed by atoms with van der Waals surface area (Å²) in [4.78, 5) is 31.6. The fourth-order valence-electron chi connectivity index (χ4n) is 8.27. The Kier molecular flexibility index (Phi) is 22.9. The minimum absolute atomic E-state index is 0.395. The maximum atomic E-state index is 12.9. The number of aromatic amines is 2. The van der Waals surface area contributed by atoms with Crippen molar-refractivity contribution in [2.45, 2.75) is 171 Å². The van der Waals surface area contributed by atoms with Crippen molar-refractivity contribution in [1.29, 1.82) is 0 Å². The zero-order valence-electron chi connectivity index (χ0n) is 50.1. The third kappa shape index (κ3) is 18.1. The molecule has 0 bridgehead atoms. The molecule has 0 unspecified atom stereocenters. The predicted octanol–water partition coefficient (Wildman–Crippen LogP) is 17.7. The fourth-order valence-corrected chi connectivity index (χ4v) is 9.27. The Morgan fingerprint density at radius 1 is 0.531 bits per heavy atom. The Hall–Kier alpha value is -5.88. The third-order valence-electron chi connectivity index (χ3n) is 13.4. The van der Waals surface area contributed by atoms with Crippen LogP contribution < -0.4 is 24.4 Å². The average molecular weight is 1240 g/mol. The van der Waals surface area contributed by atoms with Crippen molar-refractivity contribution in [3.63, 3.8) is 0 Å². The lowest BCUT2D eigenvalue weighted by atomic mass is 9.79. The first-order chi connectivity index (χ1) is 38.4. The second-order valence-electron chi connectivity index (χ2n) is 23.1. The summed E-state index contributed by atoms with van der Waals surface area (Å²) in [5, 5.41) is 4.25. The standard InChI is InChI=1S/C23H34BNO5.C17H22BrNO3.C12H14BrNO.C12H15NO/c1-9-10-13-27-16-11-12-17-18(24-29-22(5,6)23(7,8)30-24)15-25(19(17)14-16)20(26)28-21(2,3)4;1-5-6-9-21-12-7-8-13-14(18)11-19(15(13)10-12)16(20)22-17(2,3)4;1-2-3-6-15-9-4-5-10-11(13)8-14-12(10)7-9;1-2-3-8-14-11-5-4-10-6-7-13-12(10)9-11/h11-12,14-15H,9-10,13H2,1-8H3;7-8,10-11H,5-6,9H2,1-4H3;4-5,7-8,14H,2-3,6H2,1H3;4-7,9,13H,2-3,8H2,1H3. The van der Waals surface area contributed by atoms with E-state index in [2.05, 4.69) is 87.7 Å². The monoisotopic (exact) mass is 1240 g/mol. The minimum Gasteiger partial charge on any atom is -0.494 e. The Bertz CT molecular complexity index is 3290. The van der Waals surface area contributed by atoms with Crippen molar-refractivity contribution in [2.75, 3.05) is 26.4 Å². The maximum absolute atomic E-state index is 12.9. The molecule has 438 valence electrons. The molecule has 4 aromatic heterocycles. The van der Waals surface area contributed by atoms with Crippen LogP contribution in [0.15, 0.2) is 113 Å². The molecular weight excluding hydrogens is 1160 g/mol. The van der Waals surface area contributed by atoms with E-state index in [1.165, 1.54) is 26.3 Å². The molecular formula is C64H85BBr2N4O10. The minimum atomic E-state index is -0.604. The molecule has 81 heavy (non-hydrogen) atoms. The lowest BCUT2D eigenvalue weighted by molar-refractivity contribution is 0.00578. The number of carbonyl (C=O) groups excluding carboxylic acids is 2. The molecule has 0 saturated carbocycles. The Labute approximate surface area is 496 Å². The molecule has 8 aromatic rings. The predicted molar refractivity (Wildman–Crippen MR) is 336 cm³/mol. The third-order valence-corrected chi connectivity index (χ3v) is 14.7. The summed E-state index contributed by atoms with van der Waals surface area (Å²) in [6, 6.07) is 25.8. The highest BCUT2D eigenvalue weighted by Crippen LogP contribution is 2.38. The van der Waals surface area contributed by atoms with Crippen LogP contribution in [0.5, 0.6) is 23.0 Å². The Balaban J connectivity index is 0.000000182. The van der Waals surface area contributed by atoms with E-state index in [9.17, 15) is 9.59 Å². The summed E-state index contributed by atoms with van der Waals surface area (Å²) in [5.74, 6) is 3.37. The zero-order chi connectivity index (χ0) is 59.1. The van der Waals surface area contributed by atoms with Crippen molar-refractivity contribution in [1.82, 2.24) is 19.1 Å². The van der Waals surface area contributed by atoms with Gasteiger partial charge in [-0.15, -0.1) is 0 Å². The molecule has 1 fully saturated rings. The van der Waals surface area contributed by atoms with Crippen LogP contribution in [0.1, 0.15) is 148 Å². The van der Waals surface area contributed by atoms with E-state index < -0.39 is 41.7 Å². The number of nitrogens with zero attached hydrogens (tertiary/aromatic N) is 2. The highest BCUT2D eigenvalue weighted by Gasteiger charge is 2.52. The van der Waals surface area contributed by atoms with Crippen molar-refractivity contribution in [3.8, 4) is 23.0 Å². The summed E-state index contributed by atoms with van der Waals surface area (Å²) >= 11 is 6.97. The van der Waals surface area contributed by atoms with Crippen molar-refractivity contribution >= 4 is 100 Å². The number of carbonyl (C=O) groups is 2. The number of unbranched alkanes of at least 4 members (excludes halogenated alkanes) is 4. The maximum Gasteiger partial charge on any atom is 0.497 e. The van der Waals surface area contributed by atoms with Gasteiger partial charge in [-0.2, -0.15) is 0 Å². The van der Waals surface area contributed by atoms with Crippen molar-refractivity contribution < 1.29 is 47.3 Å². The van der Waals surface area contributed by atoms with Gasteiger partial charge in [0.1, 0.15) is 34.2 Å². The topological polar surface area (TPSA) is 149 Å². The molecule has 14 nitrogen and oxygen atoms in total. The van der Waals surface area contributed by atoms with Gasteiger partial charge < -0.3 is 47.7 Å². The molecule has 5 heterocycles. The SMILES string of the molecule is CCCCOc1ccc2c(B3OC(C)(C)C(C)(C)O3)cn(C(=O)OC(C)(C)C)c2c1.CCCCOc1ccc2c(Br)c[nH]c2c1.CCCCOc1ccc2c(Br)cn(C(=O)OC(C)(C)C)c2c1.CCCCOc1ccc2cc[nH]c2c1. The number of fused-ring (bicyclic) bond motifs is 4. The highest BCUT2D eigenvalue weighted by molar-refractivity contribution is 9.11. The number of hydrogen-bond donors (Lipinski definition) is 2. The Morgan fingerprint density at radius 2 is 0.951 bits per heavy atom. The van der Waals surface area contributed by atoms with Crippen LogP contribution >= 0.6 is 31.9 Å². The lowest BCUT2D eigenvalue weighted by Gasteiger charge is -2.32. The van der Waals surface area contributed by atoms with E-state index in [0.717, 1.165) is 123 Å². The zero-order valence-corrected chi connectivity index (χ0v) is 53.3. The van der Waals surface area contributed by atoms with E-state index in [-0.39, 0.29) is 0 Å². The van der Waals surface area contributed by atoms with E-state index in [0.29, 0.717) is 18.7 Å². The number of halogens is 2. The largest absolute Gasteiger partial charge is 0.497 e. The van der Waals surface area contributed by atoms with Gasteiger partial charge in [-0.3, -0.25) is 9.13 Å². The van der Waals surface area contributed by atoms with Gasteiger partial charge in [0.25, 0.3) is 0 Å². The van der Waals surface area contributed by atoms with Gasteiger partial charge in [0, 0.05) is 85.1 Å². The van der Waals surface area contributed by atoms with Gasteiger partial charge in [0.2, 0.25) is 0 Å². The molecule has 0 aliphatic carbocycles. The van der Waals surface area contributed by atoms with E-state index in [1.54, 1.807) is 12.4 Å². The molecule has 17 heteroatoms. The molecule has 0 spiro atoms. The van der Waals surface area contributed by atoms with Crippen molar-refractivity contribution in [2.24, 2.45) is 0 Å². The number of aromatic nitrogens is 4. The van der Waals surface area contributed by atoms with Crippen LogP contribution in [0, 0.1) is 0 Å². The first-order valence-electron chi connectivity index (χ1n) is 28.5. The quantitative estimate of drug-likeness (QED) is 0.0666. The summed E-state index contributed by atoms with van der Waals surface area (Å²) < 4.78 is 51.4. The van der Waals surface area contributed by atoms with Gasteiger partial charge in [-0.05, 0) is 187 Å². The molecule has 0 atom stereocenters. The smallest absolute Gasteiger partial charge is 0.494 e. The van der Waals surface area contributed by atoms with Crippen LogP contribution in [0.4, 0.5) is 9.59 Å². The summed E-state index contributed by atoms with van der Waals surface area (Å²) in [7, 11) is -0.576. The molecule has 1 saturated heterocycles. The summed E-state index contributed by atoms with van der Waals surface area (Å²) in [5.41, 5.74) is 2.45. The molecule has 9 rings (SSSR count). The van der Waals surface area contributed by atoms with Crippen LogP contribution in [-0.4, -0.2) is 87.2 Å². The van der Waals surface area contributed by atoms with E-state index >= 15 is 0 Å². The fraction of sp³-hybridized carbons (Fsp3) is 0.469. The van der Waals surface area contributed by atoms with Gasteiger partial charge in [0.05, 0.1) is 54.2 Å². The molecule has 1 aliphatic rings. The van der Waals surface area contributed by atoms with Gasteiger partial charge in [-0.1, -0.05) is 53.4 Å². The number of H-pyrrole nitrogens is 2. The first-order valence-corrected chi connectivity index (χ1v) is 30.1. The molecule has 2 N–H and O–H groups in total. The van der Waals surface area contributed by atoms with Crippen molar-refractivity contribution in [3.05, 3.63) is 113 Å². The number of hydrogen-bond acceptors (Lipinski definition) is 10. The number of benzene rings is 4. The number of ether oxygens (including phenoxy) is 6. The lowest BCUT2D eigenvalue weighted by Crippen LogP contribution is -2.41. The first kappa shape index (κ1) is 64.3. The second kappa shape index (κ2) is 28.9. The highest BCUT2D eigenvalue weighted by atomic mass is 79.9.